The normalized spacial score (nSPS) is 13.2. The number of piperidine rings is 1. The summed E-state index contributed by atoms with van der Waals surface area (Å²) in [6, 6.07) is 8.31. The van der Waals surface area contributed by atoms with Crippen LogP contribution in [-0.2, 0) is 4.79 Å². The molecule has 158 valence electrons. The standard InChI is InChI=1S/C8H11N.C6H11NO.C3H5F3O.2C2H2/c1-7-3-5-8(9-2)6-4-7;8-6-7-4-2-1-3-5-7;1-2(7)3(4,5)6;2*1-2/h3-6,9H,1-2H3;6H,1-5H2;2,7H,1H3;2*1-2H. The molecule has 1 saturated heterocycles. The number of nitrogens with zero attached hydrogens (tertiary/aromatic N) is 1. The van der Waals surface area contributed by atoms with Gasteiger partial charge in [0.15, 0.2) is 0 Å². The zero-order valence-electron chi connectivity index (χ0n) is 16.7. The highest BCUT2D eigenvalue weighted by Gasteiger charge is 2.33. The molecular weight excluding hydrogens is 369 g/mol. The molecule has 0 saturated carbocycles. The lowest BCUT2D eigenvalue weighted by atomic mass is 10.1. The largest absolute Gasteiger partial charge is 0.414 e. The van der Waals surface area contributed by atoms with Gasteiger partial charge in [0, 0.05) is 25.8 Å². The molecule has 2 N–H and O–H groups in total. The van der Waals surface area contributed by atoms with Crippen molar-refractivity contribution in [1.82, 2.24) is 4.90 Å². The minimum Gasteiger partial charge on any atom is -0.388 e. The van der Waals surface area contributed by atoms with E-state index < -0.39 is 12.3 Å². The van der Waals surface area contributed by atoms with E-state index in [0.29, 0.717) is 6.92 Å². The van der Waals surface area contributed by atoms with E-state index in [2.05, 4.69) is 62.2 Å². The molecule has 0 bridgehead atoms. The number of carbonyl (C=O) groups excluding carboxylic acids is 1. The Balaban J connectivity index is -0.000000309. The first-order valence-electron chi connectivity index (χ1n) is 8.56. The SMILES string of the molecule is C#C.C#C.CC(O)C(F)(F)F.CNc1ccc(C)cc1.O=CN1CCCCC1. The molecule has 1 aliphatic rings. The molecule has 28 heavy (non-hydrogen) atoms. The lowest BCUT2D eigenvalue weighted by Crippen LogP contribution is -2.27. The van der Waals surface area contributed by atoms with E-state index in [1.54, 1.807) is 0 Å². The fourth-order valence-corrected chi connectivity index (χ4v) is 1.74. The van der Waals surface area contributed by atoms with Gasteiger partial charge in [0.1, 0.15) is 6.10 Å². The third-order valence-corrected chi connectivity index (χ3v) is 3.35. The Labute approximate surface area is 167 Å². The highest BCUT2D eigenvalue weighted by Crippen LogP contribution is 2.18. The Morgan fingerprint density at radius 3 is 1.71 bits per heavy atom. The van der Waals surface area contributed by atoms with Gasteiger partial charge < -0.3 is 15.3 Å². The van der Waals surface area contributed by atoms with Crippen molar-refractivity contribution in [2.75, 3.05) is 25.5 Å². The van der Waals surface area contributed by atoms with Crippen LogP contribution in [0.1, 0.15) is 31.7 Å². The molecule has 1 aromatic carbocycles. The van der Waals surface area contributed by atoms with Gasteiger partial charge in [-0.25, -0.2) is 0 Å². The number of nitrogens with one attached hydrogen (secondary N) is 1. The zero-order valence-corrected chi connectivity index (χ0v) is 16.7. The lowest BCUT2D eigenvalue weighted by Gasteiger charge is -2.21. The van der Waals surface area contributed by atoms with Gasteiger partial charge in [0.05, 0.1) is 0 Å². The molecule has 1 atom stereocenters. The third-order valence-electron chi connectivity index (χ3n) is 3.35. The summed E-state index contributed by atoms with van der Waals surface area (Å²) in [7, 11) is 1.92. The average molecular weight is 400 g/mol. The molecule has 0 spiro atoms. The minimum absolute atomic E-state index is 0.681. The van der Waals surface area contributed by atoms with Gasteiger partial charge in [-0.05, 0) is 45.2 Å². The summed E-state index contributed by atoms with van der Waals surface area (Å²) in [6.07, 6.45) is 14.0. The maximum absolute atomic E-state index is 10.9. The lowest BCUT2D eigenvalue weighted by molar-refractivity contribution is -0.197. The van der Waals surface area contributed by atoms with Crippen molar-refractivity contribution in [2.24, 2.45) is 0 Å². The summed E-state index contributed by atoms with van der Waals surface area (Å²) in [6.45, 7) is 4.71. The summed E-state index contributed by atoms with van der Waals surface area (Å²) in [5, 5.41) is 10.8. The second-order valence-electron chi connectivity index (χ2n) is 5.54. The van der Waals surface area contributed by atoms with Crippen LogP contribution in [0.4, 0.5) is 18.9 Å². The number of terminal acetylenes is 2. The molecule has 1 heterocycles. The number of amides is 1. The Kier molecular flexibility index (Phi) is 20.6. The van der Waals surface area contributed by atoms with Gasteiger partial charge >= 0.3 is 6.18 Å². The first kappa shape index (κ1) is 30.1. The van der Waals surface area contributed by atoms with Crippen molar-refractivity contribution in [3.8, 4) is 25.7 Å². The van der Waals surface area contributed by atoms with Gasteiger partial charge in [-0.15, -0.1) is 25.7 Å². The molecule has 1 amide bonds. The predicted octanol–water partition coefficient (Wildman–Crippen LogP) is 4.09. The molecular formula is C21H31F3N2O2. The van der Waals surface area contributed by atoms with Crippen LogP contribution in [0.25, 0.3) is 0 Å². The van der Waals surface area contributed by atoms with Crippen molar-refractivity contribution < 1.29 is 23.1 Å². The maximum Gasteiger partial charge on any atom is 0.414 e. The molecule has 1 unspecified atom stereocenters. The molecule has 1 fully saturated rings. The van der Waals surface area contributed by atoms with E-state index in [1.165, 1.54) is 30.5 Å². The van der Waals surface area contributed by atoms with Crippen LogP contribution in [0, 0.1) is 32.6 Å². The summed E-state index contributed by atoms with van der Waals surface area (Å²) < 4.78 is 32.8. The number of aliphatic hydroxyl groups excluding tert-OH is 1. The van der Waals surface area contributed by atoms with Crippen LogP contribution in [0.3, 0.4) is 0 Å². The van der Waals surface area contributed by atoms with Crippen LogP contribution in [0.5, 0.6) is 0 Å². The van der Waals surface area contributed by atoms with E-state index in [4.69, 9.17) is 5.11 Å². The summed E-state index contributed by atoms with van der Waals surface area (Å²) in [5.41, 5.74) is 2.47. The minimum atomic E-state index is -4.44. The Bertz CT molecular complexity index is 512. The number of hydrogen-bond acceptors (Lipinski definition) is 3. The predicted molar refractivity (Wildman–Crippen MR) is 110 cm³/mol. The van der Waals surface area contributed by atoms with Crippen molar-refractivity contribution in [1.29, 1.82) is 0 Å². The quantitative estimate of drug-likeness (QED) is 0.581. The molecule has 1 aliphatic heterocycles. The smallest absolute Gasteiger partial charge is 0.388 e. The van der Waals surface area contributed by atoms with Crippen molar-refractivity contribution in [3.63, 3.8) is 0 Å². The summed E-state index contributed by atoms with van der Waals surface area (Å²) >= 11 is 0. The van der Waals surface area contributed by atoms with Crippen molar-refractivity contribution in [2.45, 2.75) is 45.4 Å². The van der Waals surface area contributed by atoms with Crippen molar-refractivity contribution >= 4 is 12.1 Å². The second kappa shape index (κ2) is 19.1. The first-order chi connectivity index (χ1) is 13.2. The Morgan fingerprint density at radius 1 is 1.07 bits per heavy atom. The number of halogens is 3. The number of rotatable bonds is 2. The molecule has 2 rings (SSSR count). The fraction of sp³-hybridized carbons (Fsp3) is 0.476. The van der Waals surface area contributed by atoms with E-state index in [1.807, 2.05) is 11.9 Å². The van der Waals surface area contributed by atoms with E-state index >= 15 is 0 Å². The van der Waals surface area contributed by atoms with Gasteiger partial charge in [0.2, 0.25) is 6.41 Å². The van der Waals surface area contributed by atoms with Crippen LogP contribution < -0.4 is 5.32 Å². The van der Waals surface area contributed by atoms with Gasteiger partial charge in [-0.3, -0.25) is 4.79 Å². The van der Waals surface area contributed by atoms with Crippen molar-refractivity contribution in [3.05, 3.63) is 29.8 Å². The number of alkyl halides is 3. The Morgan fingerprint density at radius 2 is 1.46 bits per heavy atom. The maximum atomic E-state index is 10.9. The number of likely N-dealkylation sites (tertiary alicyclic amines) is 1. The van der Waals surface area contributed by atoms with Gasteiger partial charge in [-0.1, -0.05) is 17.7 Å². The number of hydrogen-bond donors (Lipinski definition) is 2. The van der Waals surface area contributed by atoms with Gasteiger partial charge in [-0.2, -0.15) is 13.2 Å². The average Bonchev–Trinajstić information content (AvgIpc) is 2.72. The number of benzene rings is 1. The van der Waals surface area contributed by atoms with Crippen LogP contribution in [0.2, 0.25) is 0 Å². The number of carbonyl (C=O) groups is 1. The zero-order chi connectivity index (χ0) is 22.6. The van der Waals surface area contributed by atoms with Gasteiger partial charge in [0.25, 0.3) is 0 Å². The number of aryl methyl sites for hydroxylation is 1. The molecule has 0 aromatic heterocycles. The molecule has 0 aliphatic carbocycles. The van der Waals surface area contributed by atoms with E-state index in [0.717, 1.165) is 19.5 Å². The summed E-state index contributed by atoms with van der Waals surface area (Å²) in [5.74, 6) is 0. The van der Waals surface area contributed by atoms with E-state index in [9.17, 15) is 18.0 Å². The third kappa shape index (κ3) is 18.2. The Hall–Kier alpha value is -2.64. The molecule has 1 aromatic rings. The highest BCUT2D eigenvalue weighted by molar-refractivity contribution is 5.46. The summed E-state index contributed by atoms with van der Waals surface area (Å²) in [4.78, 5) is 11.9. The monoisotopic (exact) mass is 400 g/mol. The highest BCUT2D eigenvalue weighted by atomic mass is 19.4. The van der Waals surface area contributed by atoms with Crippen LogP contribution in [0.15, 0.2) is 24.3 Å². The second-order valence-corrected chi connectivity index (χ2v) is 5.54. The molecule has 4 nitrogen and oxygen atoms in total. The fourth-order valence-electron chi connectivity index (χ4n) is 1.74. The van der Waals surface area contributed by atoms with Crippen LogP contribution in [-0.4, -0.2) is 48.8 Å². The molecule has 0 radical (unpaired) electrons. The first-order valence-corrected chi connectivity index (χ1v) is 8.56. The topological polar surface area (TPSA) is 52.6 Å². The number of aliphatic hydroxyl groups is 1. The number of anilines is 1. The van der Waals surface area contributed by atoms with Crippen LogP contribution >= 0.6 is 0 Å². The van der Waals surface area contributed by atoms with E-state index in [-0.39, 0.29) is 0 Å². The molecule has 7 heteroatoms.